The summed E-state index contributed by atoms with van der Waals surface area (Å²) in [4.78, 5) is 11.6. The molecule has 0 aliphatic heterocycles. The summed E-state index contributed by atoms with van der Waals surface area (Å²) in [6, 6.07) is 9.13. The van der Waals surface area contributed by atoms with Crippen LogP contribution in [0, 0.1) is 6.92 Å². The molecular formula is C16H15ClN2O4. The van der Waals surface area contributed by atoms with Crippen LogP contribution in [0.25, 0.3) is 0 Å². The van der Waals surface area contributed by atoms with Gasteiger partial charge in [0.25, 0.3) is 5.91 Å². The molecule has 0 heterocycles. The number of benzene rings is 2. The van der Waals surface area contributed by atoms with E-state index in [9.17, 15) is 9.90 Å². The van der Waals surface area contributed by atoms with E-state index >= 15 is 0 Å². The normalized spacial score (nSPS) is 10.7. The summed E-state index contributed by atoms with van der Waals surface area (Å²) < 4.78 is 5.37. The number of hydrazone groups is 1. The molecule has 2 rings (SSSR count). The molecule has 3 N–H and O–H groups in total. The fraction of sp³-hybridized carbons (Fsp3) is 0.125. The Morgan fingerprint density at radius 3 is 2.78 bits per heavy atom. The van der Waals surface area contributed by atoms with Crippen molar-refractivity contribution < 1.29 is 19.7 Å². The maximum atomic E-state index is 11.6. The first-order chi connectivity index (χ1) is 11.0. The van der Waals surface area contributed by atoms with E-state index in [-0.39, 0.29) is 18.1 Å². The summed E-state index contributed by atoms with van der Waals surface area (Å²) in [6.07, 6.45) is 1.26. The average molecular weight is 335 g/mol. The van der Waals surface area contributed by atoms with Crippen molar-refractivity contribution in [3.05, 3.63) is 52.5 Å². The maximum Gasteiger partial charge on any atom is 0.277 e. The molecule has 6 nitrogen and oxygen atoms in total. The molecule has 0 unspecified atom stereocenters. The fourth-order valence-corrected chi connectivity index (χ4v) is 1.99. The number of phenols is 2. The Labute approximate surface area is 138 Å². The Hall–Kier alpha value is -2.73. The summed E-state index contributed by atoms with van der Waals surface area (Å²) in [6.45, 7) is 1.62. The molecule has 0 atom stereocenters. The van der Waals surface area contributed by atoms with E-state index in [1.54, 1.807) is 18.2 Å². The van der Waals surface area contributed by atoms with Gasteiger partial charge in [-0.3, -0.25) is 4.79 Å². The highest BCUT2D eigenvalue weighted by atomic mass is 35.5. The molecule has 0 fully saturated rings. The van der Waals surface area contributed by atoms with Crippen molar-refractivity contribution in [2.75, 3.05) is 6.61 Å². The minimum Gasteiger partial charge on any atom is -0.508 e. The van der Waals surface area contributed by atoms with Gasteiger partial charge in [0.1, 0.15) is 17.2 Å². The van der Waals surface area contributed by atoms with Gasteiger partial charge >= 0.3 is 0 Å². The molecule has 0 spiro atoms. The van der Waals surface area contributed by atoms with Gasteiger partial charge in [-0.2, -0.15) is 5.10 Å². The van der Waals surface area contributed by atoms with Crippen LogP contribution in [0.1, 0.15) is 11.1 Å². The number of carbonyl (C=O) groups excluding carboxylic acids is 1. The Morgan fingerprint density at radius 1 is 1.30 bits per heavy atom. The van der Waals surface area contributed by atoms with E-state index in [2.05, 4.69) is 10.5 Å². The monoisotopic (exact) mass is 334 g/mol. The number of amides is 1. The number of carbonyl (C=O) groups is 1. The zero-order valence-corrected chi connectivity index (χ0v) is 13.0. The van der Waals surface area contributed by atoms with Gasteiger partial charge < -0.3 is 14.9 Å². The van der Waals surface area contributed by atoms with Crippen molar-refractivity contribution in [2.24, 2.45) is 5.10 Å². The first-order valence-electron chi connectivity index (χ1n) is 6.68. The number of aryl methyl sites for hydroxylation is 1. The Kier molecular flexibility index (Phi) is 5.43. The van der Waals surface area contributed by atoms with Crippen molar-refractivity contribution in [2.45, 2.75) is 6.92 Å². The lowest BCUT2D eigenvalue weighted by atomic mass is 10.2. The predicted molar refractivity (Wildman–Crippen MR) is 87.2 cm³/mol. The van der Waals surface area contributed by atoms with Crippen LogP contribution in [-0.2, 0) is 4.79 Å². The number of hydrogen-bond acceptors (Lipinski definition) is 5. The standard InChI is InChI=1S/C16H15ClN2O4/c1-10-6-12(17)3-5-15(10)23-9-16(22)19-18-8-11-2-4-13(20)7-14(11)21/h2-8,20-21H,9H2,1H3,(H,19,22)/b18-8+. The molecular weight excluding hydrogens is 320 g/mol. The Morgan fingerprint density at radius 2 is 2.09 bits per heavy atom. The summed E-state index contributed by atoms with van der Waals surface area (Å²) in [5.41, 5.74) is 3.46. The summed E-state index contributed by atoms with van der Waals surface area (Å²) in [5, 5.41) is 23.0. The zero-order valence-electron chi connectivity index (χ0n) is 12.3. The minimum atomic E-state index is -0.450. The highest BCUT2D eigenvalue weighted by Gasteiger charge is 2.05. The topological polar surface area (TPSA) is 91.2 Å². The van der Waals surface area contributed by atoms with E-state index in [4.69, 9.17) is 21.4 Å². The number of aromatic hydroxyl groups is 2. The third kappa shape index (κ3) is 4.89. The lowest BCUT2D eigenvalue weighted by Crippen LogP contribution is -2.24. The fourth-order valence-electron chi connectivity index (χ4n) is 1.77. The number of phenolic OH excluding ortho intramolecular Hbond substituents is 2. The van der Waals surface area contributed by atoms with Gasteiger partial charge in [0, 0.05) is 16.7 Å². The second-order valence-corrected chi connectivity index (χ2v) is 5.17. The highest BCUT2D eigenvalue weighted by molar-refractivity contribution is 6.30. The predicted octanol–water partition coefficient (Wildman–Crippen LogP) is 2.59. The molecule has 0 radical (unpaired) electrons. The number of hydrogen-bond donors (Lipinski definition) is 3. The van der Waals surface area contributed by atoms with E-state index in [1.165, 1.54) is 24.4 Å². The molecule has 0 saturated carbocycles. The van der Waals surface area contributed by atoms with Gasteiger partial charge in [-0.25, -0.2) is 5.43 Å². The van der Waals surface area contributed by atoms with Crippen molar-refractivity contribution in [3.8, 4) is 17.2 Å². The zero-order chi connectivity index (χ0) is 16.8. The number of nitrogens with one attached hydrogen (secondary N) is 1. The van der Waals surface area contributed by atoms with Crippen LogP contribution >= 0.6 is 11.6 Å². The molecule has 2 aromatic rings. The van der Waals surface area contributed by atoms with Crippen LogP contribution in [0.2, 0.25) is 5.02 Å². The van der Waals surface area contributed by atoms with E-state index in [0.29, 0.717) is 16.3 Å². The minimum absolute atomic E-state index is 0.0598. The second kappa shape index (κ2) is 7.51. The molecule has 0 aliphatic rings. The number of nitrogens with zero attached hydrogens (tertiary/aromatic N) is 1. The third-order valence-electron chi connectivity index (χ3n) is 2.90. The average Bonchev–Trinajstić information content (AvgIpc) is 2.48. The maximum absolute atomic E-state index is 11.6. The molecule has 120 valence electrons. The van der Waals surface area contributed by atoms with Gasteiger partial charge in [0.15, 0.2) is 6.61 Å². The first-order valence-corrected chi connectivity index (χ1v) is 7.06. The molecule has 23 heavy (non-hydrogen) atoms. The molecule has 7 heteroatoms. The van der Waals surface area contributed by atoms with Crippen LogP contribution in [0.15, 0.2) is 41.5 Å². The first kappa shape index (κ1) is 16.6. The lowest BCUT2D eigenvalue weighted by Gasteiger charge is -2.08. The molecule has 0 aliphatic carbocycles. The molecule has 0 saturated heterocycles. The van der Waals surface area contributed by atoms with Gasteiger partial charge in [-0.1, -0.05) is 11.6 Å². The van der Waals surface area contributed by atoms with Crippen molar-refractivity contribution in [1.82, 2.24) is 5.43 Å². The smallest absolute Gasteiger partial charge is 0.277 e. The van der Waals surface area contributed by atoms with Crippen LogP contribution in [-0.4, -0.2) is 28.9 Å². The van der Waals surface area contributed by atoms with E-state index < -0.39 is 5.91 Å². The molecule has 0 aromatic heterocycles. The largest absolute Gasteiger partial charge is 0.508 e. The summed E-state index contributed by atoms with van der Waals surface area (Å²) in [7, 11) is 0. The van der Waals surface area contributed by atoms with Crippen molar-refractivity contribution >= 4 is 23.7 Å². The summed E-state index contributed by atoms with van der Waals surface area (Å²) in [5.74, 6) is -0.0926. The third-order valence-corrected chi connectivity index (χ3v) is 3.14. The number of rotatable bonds is 5. The van der Waals surface area contributed by atoms with Gasteiger partial charge in [-0.15, -0.1) is 0 Å². The Balaban J connectivity index is 1.86. The second-order valence-electron chi connectivity index (χ2n) is 4.73. The van der Waals surface area contributed by atoms with Crippen molar-refractivity contribution in [1.29, 1.82) is 0 Å². The van der Waals surface area contributed by atoms with E-state index in [0.717, 1.165) is 5.56 Å². The Bertz CT molecular complexity index is 747. The van der Waals surface area contributed by atoms with Crippen LogP contribution in [0.5, 0.6) is 17.2 Å². The number of ether oxygens (including phenoxy) is 1. The highest BCUT2D eigenvalue weighted by Crippen LogP contribution is 2.22. The quantitative estimate of drug-likeness (QED) is 0.579. The molecule has 0 bridgehead atoms. The van der Waals surface area contributed by atoms with Crippen LogP contribution < -0.4 is 10.2 Å². The number of halogens is 1. The van der Waals surface area contributed by atoms with Crippen molar-refractivity contribution in [3.63, 3.8) is 0 Å². The van der Waals surface area contributed by atoms with Gasteiger partial charge in [-0.05, 0) is 42.8 Å². The molecule has 1 amide bonds. The SMILES string of the molecule is Cc1cc(Cl)ccc1OCC(=O)N/N=C/c1ccc(O)cc1O. The van der Waals surface area contributed by atoms with Crippen LogP contribution in [0.3, 0.4) is 0 Å². The van der Waals surface area contributed by atoms with Gasteiger partial charge in [0.05, 0.1) is 6.21 Å². The van der Waals surface area contributed by atoms with E-state index in [1.807, 2.05) is 6.92 Å². The van der Waals surface area contributed by atoms with Gasteiger partial charge in [0.2, 0.25) is 0 Å². The van der Waals surface area contributed by atoms with Crippen LogP contribution in [0.4, 0.5) is 0 Å². The molecule has 2 aromatic carbocycles. The summed E-state index contributed by atoms with van der Waals surface area (Å²) >= 11 is 5.84. The lowest BCUT2D eigenvalue weighted by molar-refractivity contribution is -0.123.